The van der Waals surface area contributed by atoms with E-state index in [9.17, 15) is 9.59 Å². The van der Waals surface area contributed by atoms with Gasteiger partial charge in [-0.25, -0.2) is 0 Å². The van der Waals surface area contributed by atoms with E-state index in [-0.39, 0.29) is 17.9 Å². The van der Waals surface area contributed by atoms with Gasteiger partial charge in [0.15, 0.2) is 0 Å². The van der Waals surface area contributed by atoms with Gasteiger partial charge in [0.25, 0.3) is 0 Å². The Balaban J connectivity index is 1.25. The molecule has 1 atom stereocenters. The molecule has 2 saturated heterocycles. The molecule has 0 bridgehead atoms. The number of benzene rings is 2. The van der Waals surface area contributed by atoms with Crippen molar-refractivity contribution in [1.29, 1.82) is 0 Å². The molecule has 32 heavy (non-hydrogen) atoms. The molecule has 2 fully saturated rings. The standard InChI is InChI=1S/C25H28N4O3/c1-32-20-8-6-19(7-9-20)27-12-14-28(15-13-27)25(31)23-10-11-24(30)29(23)17-18-16-26-22-5-3-2-4-21(18)22/h2-9,16,23,26H,10-15,17H2,1H3. The van der Waals surface area contributed by atoms with Crippen LogP contribution in [0.3, 0.4) is 0 Å². The lowest BCUT2D eigenvalue weighted by Gasteiger charge is -2.38. The highest BCUT2D eigenvalue weighted by molar-refractivity contribution is 5.91. The molecule has 0 spiro atoms. The highest BCUT2D eigenvalue weighted by Gasteiger charge is 2.39. The molecule has 1 unspecified atom stereocenters. The van der Waals surface area contributed by atoms with E-state index in [1.54, 1.807) is 12.0 Å². The number of para-hydroxylation sites is 1. The SMILES string of the molecule is COc1ccc(N2CCN(C(=O)C3CCC(=O)N3Cc3c[nH]c4ccccc34)CC2)cc1. The fourth-order valence-corrected chi connectivity index (χ4v) is 4.82. The van der Waals surface area contributed by atoms with Crippen LogP contribution in [0, 0.1) is 0 Å². The van der Waals surface area contributed by atoms with Crippen molar-refractivity contribution in [3.8, 4) is 5.75 Å². The molecule has 2 aliphatic heterocycles. The van der Waals surface area contributed by atoms with Gasteiger partial charge in [0, 0.05) is 61.9 Å². The number of carbonyl (C=O) groups is 2. The van der Waals surface area contributed by atoms with Gasteiger partial charge in [-0.15, -0.1) is 0 Å². The summed E-state index contributed by atoms with van der Waals surface area (Å²) in [5.41, 5.74) is 3.24. The van der Waals surface area contributed by atoms with Crippen molar-refractivity contribution in [2.45, 2.75) is 25.4 Å². The number of amides is 2. The summed E-state index contributed by atoms with van der Waals surface area (Å²) in [6.45, 7) is 3.35. The fourth-order valence-electron chi connectivity index (χ4n) is 4.82. The Labute approximate surface area is 187 Å². The largest absolute Gasteiger partial charge is 0.497 e. The Bertz CT molecular complexity index is 1120. The summed E-state index contributed by atoms with van der Waals surface area (Å²) < 4.78 is 5.24. The van der Waals surface area contributed by atoms with E-state index in [1.165, 1.54) is 0 Å². The van der Waals surface area contributed by atoms with E-state index in [2.05, 4.69) is 28.1 Å². The van der Waals surface area contributed by atoms with Gasteiger partial charge in [-0.3, -0.25) is 9.59 Å². The van der Waals surface area contributed by atoms with Gasteiger partial charge in [0.05, 0.1) is 7.11 Å². The van der Waals surface area contributed by atoms with Crippen LogP contribution in [0.2, 0.25) is 0 Å². The third kappa shape index (κ3) is 3.79. The number of hydrogen-bond donors (Lipinski definition) is 1. The molecule has 0 saturated carbocycles. The van der Waals surface area contributed by atoms with Crippen LogP contribution in [0.5, 0.6) is 5.75 Å². The molecule has 166 valence electrons. The van der Waals surface area contributed by atoms with E-state index in [4.69, 9.17) is 4.74 Å². The lowest BCUT2D eigenvalue weighted by molar-refractivity contribution is -0.142. The molecule has 0 radical (unpaired) electrons. The van der Waals surface area contributed by atoms with Crippen LogP contribution in [0.25, 0.3) is 10.9 Å². The third-order valence-corrected chi connectivity index (χ3v) is 6.66. The van der Waals surface area contributed by atoms with Gasteiger partial charge in [-0.2, -0.15) is 0 Å². The van der Waals surface area contributed by atoms with Gasteiger partial charge in [0.1, 0.15) is 11.8 Å². The summed E-state index contributed by atoms with van der Waals surface area (Å²) in [4.78, 5) is 35.3. The zero-order chi connectivity index (χ0) is 22.1. The molecule has 2 aliphatic rings. The maximum Gasteiger partial charge on any atom is 0.245 e. The molecule has 1 aromatic heterocycles. The van der Waals surface area contributed by atoms with Crippen LogP contribution in [-0.2, 0) is 16.1 Å². The Kier molecular flexibility index (Phi) is 5.47. The molecule has 2 amide bonds. The second-order valence-corrected chi connectivity index (χ2v) is 8.45. The Morgan fingerprint density at radius 2 is 1.81 bits per heavy atom. The second kappa shape index (κ2) is 8.57. The smallest absolute Gasteiger partial charge is 0.245 e. The summed E-state index contributed by atoms with van der Waals surface area (Å²) in [6.07, 6.45) is 2.98. The predicted octanol–water partition coefficient (Wildman–Crippen LogP) is 3.02. The molecule has 3 aromatic rings. The van der Waals surface area contributed by atoms with Crippen LogP contribution < -0.4 is 9.64 Å². The first-order valence-electron chi connectivity index (χ1n) is 11.2. The van der Waals surface area contributed by atoms with Gasteiger partial charge in [-0.05, 0) is 42.3 Å². The van der Waals surface area contributed by atoms with Gasteiger partial charge >= 0.3 is 0 Å². The Hall–Kier alpha value is -3.48. The number of piperazine rings is 1. The minimum Gasteiger partial charge on any atom is -0.497 e. The van der Waals surface area contributed by atoms with E-state index < -0.39 is 0 Å². The number of rotatable bonds is 5. The Morgan fingerprint density at radius 1 is 1.06 bits per heavy atom. The molecular formula is C25H28N4O3. The average Bonchev–Trinajstić information content (AvgIpc) is 3.43. The number of ether oxygens (including phenoxy) is 1. The van der Waals surface area contributed by atoms with Crippen molar-refractivity contribution in [1.82, 2.24) is 14.8 Å². The number of fused-ring (bicyclic) bond motifs is 1. The predicted molar refractivity (Wildman–Crippen MR) is 124 cm³/mol. The first kappa shape index (κ1) is 20.4. The number of methoxy groups -OCH3 is 1. The monoisotopic (exact) mass is 432 g/mol. The maximum absolute atomic E-state index is 13.4. The van der Waals surface area contributed by atoms with Gasteiger partial charge in [0.2, 0.25) is 11.8 Å². The minimum absolute atomic E-state index is 0.0606. The first-order chi connectivity index (χ1) is 15.6. The quantitative estimate of drug-likeness (QED) is 0.673. The summed E-state index contributed by atoms with van der Waals surface area (Å²) in [5, 5.41) is 1.10. The average molecular weight is 433 g/mol. The summed E-state index contributed by atoms with van der Waals surface area (Å²) in [7, 11) is 1.66. The number of H-pyrrole nitrogens is 1. The van der Waals surface area contributed by atoms with E-state index in [0.717, 1.165) is 41.0 Å². The first-order valence-corrected chi connectivity index (χ1v) is 11.2. The number of hydrogen-bond acceptors (Lipinski definition) is 4. The second-order valence-electron chi connectivity index (χ2n) is 8.45. The molecular weight excluding hydrogens is 404 g/mol. The van der Waals surface area contributed by atoms with Crippen LogP contribution in [0.1, 0.15) is 18.4 Å². The number of carbonyl (C=O) groups excluding carboxylic acids is 2. The lowest BCUT2D eigenvalue weighted by Crippen LogP contribution is -2.54. The van der Waals surface area contributed by atoms with Crippen molar-refractivity contribution in [2.24, 2.45) is 0 Å². The number of aromatic nitrogens is 1. The molecule has 1 N–H and O–H groups in total. The van der Waals surface area contributed by atoms with Crippen molar-refractivity contribution in [2.75, 3.05) is 38.2 Å². The van der Waals surface area contributed by atoms with Crippen molar-refractivity contribution >= 4 is 28.4 Å². The highest BCUT2D eigenvalue weighted by Crippen LogP contribution is 2.27. The van der Waals surface area contributed by atoms with Gasteiger partial charge < -0.3 is 24.4 Å². The minimum atomic E-state index is -0.372. The van der Waals surface area contributed by atoms with E-state index >= 15 is 0 Å². The maximum atomic E-state index is 13.4. The van der Waals surface area contributed by atoms with Gasteiger partial charge in [-0.1, -0.05) is 18.2 Å². The van der Waals surface area contributed by atoms with E-state index in [0.29, 0.717) is 32.5 Å². The highest BCUT2D eigenvalue weighted by atomic mass is 16.5. The van der Waals surface area contributed by atoms with E-state index in [1.807, 2.05) is 41.4 Å². The number of aromatic amines is 1. The molecule has 7 nitrogen and oxygen atoms in total. The molecule has 0 aliphatic carbocycles. The van der Waals surface area contributed by atoms with Crippen LogP contribution >= 0.6 is 0 Å². The summed E-state index contributed by atoms with van der Waals surface area (Å²) in [6, 6.07) is 15.7. The van der Waals surface area contributed by atoms with Crippen molar-refractivity contribution < 1.29 is 14.3 Å². The van der Waals surface area contributed by atoms with Crippen LogP contribution in [0.15, 0.2) is 54.7 Å². The summed E-state index contributed by atoms with van der Waals surface area (Å²) >= 11 is 0. The number of likely N-dealkylation sites (tertiary alicyclic amines) is 1. The summed E-state index contributed by atoms with van der Waals surface area (Å²) in [5.74, 6) is 0.972. The number of nitrogens with one attached hydrogen (secondary N) is 1. The zero-order valence-electron chi connectivity index (χ0n) is 18.3. The Morgan fingerprint density at radius 3 is 2.56 bits per heavy atom. The molecule has 3 heterocycles. The lowest BCUT2D eigenvalue weighted by atomic mass is 10.1. The molecule has 7 heteroatoms. The van der Waals surface area contributed by atoms with Crippen LogP contribution in [0.4, 0.5) is 5.69 Å². The van der Waals surface area contributed by atoms with Crippen molar-refractivity contribution in [3.05, 3.63) is 60.3 Å². The third-order valence-electron chi connectivity index (χ3n) is 6.66. The number of anilines is 1. The zero-order valence-corrected chi connectivity index (χ0v) is 18.3. The molecule has 2 aromatic carbocycles. The van der Waals surface area contributed by atoms with Crippen molar-refractivity contribution in [3.63, 3.8) is 0 Å². The topological polar surface area (TPSA) is 68.9 Å². The molecule has 5 rings (SSSR count). The van der Waals surface area contributed by atoms with Crippen LogP contribution in [-0.4, -0.2) is 65.9 Å². The fraction of sp³-hybridized carbons (Fsp3) is 0.360. The normalized spacial score (nSPS) is 19.1. The number of nitrogens with zero attached hydrogens (tertiary/aromatic N) is 3.